The van der Waals surface area contributed by atoms with E-state index in [2.05, 4.69) is 36.5 Å². The van der Waals surface area contributed by atoms with E-state index >= 15 is 0 Å². The van der Waals surface area contributed by atoms with E-state index in [-0.39, 0.29) is 5.82 Å². The molecule has 0 unspecified atom stereocenters. The van der Waals surface area contributed by atoms with Crippen LogP contribution >= 0.6 is 0 Å². The maximum Gasteiger partial charge on any atom is 0.161 e. The molecule has 0 spiro atoms. The third-order valence-electron chi connectivity index (χ3n) is 7.71. The van der Waals surface area contributed by atoms with Crippen LogP contribution in [-0.2, 0) is 6.54 Å². The summed E-state index contributed by atoms with van der Waals surface area (Å²) in [6.07, 6.45) is 12.5. The van der Waals surface area contributed by atoms with Crippen molar-refractivity contribution in [1.82, 2.24) is 40.4 Å². The first-order valence-corrected chi connectivity index (χ1v) is 13.7. The van der Waals surface area contributed by atoms with Crippen molar-refractivity contribution >= 4 is 22.1 Å². The highest BCUT2D eigenvalue weighted by atomic mass is 19.1. The van der Waals surface area contributed by atoms with Gasteiger partial charge in [0, 0.05) is 36.3 Å². The molecule has 1 aliphatic carbocycles. The largest absolute Gasteiger partial charge is 0.335 e. The maximum absolute atomic E-state index is 14.2. The van der Waals surface area contributed by atoms with E-state index in [1.807, 2.05) is 37.5 Å². The number of rotatable bonds is 7. The van der Waals surface area contributed by atoms with Gasteiger partial charge in [-0.2, -0.15) is 5.10 Å². The van der Waals surface area contributed by atoms with Crippen molar-refractivity contribution in [2.24, 2.45) is 5.92 Å². The first-order valence-electron chi connectivity index (χ1n) is 13.7. The predicted molar refractivity (Wildman–Crippen MR) is 154 cm³/mol. The highest BCUT2D eigenvalue weighted by molar-refractivity contribution is 5.95. The molecule has 200 valence electrons. The number of imidazole rings is 1. The van der Waals surface area contributed by atoms with E-state index in [1.54, 1.807) is 12.4 Å². The molecule has 7 rings (SSSR count). The molecule has 0 amide bonds. The molecule has 1 aliphatic rings. The number of H-pyrrole nitrogens is 2. The average molecular weight is 533 g/mol. The molecule has 1 aromatic carbocycles. The van der Waals surface area contributed by atoms with E-state index in [9.17, 15) is 4.39 Å². The zero-order valence-electron chi connectivity index (χ0n) is 22.2. The topological polar surface area (TPSA) is 108 Å². The number of aromatic nitrogens is 7. The normalized spacial score (nSPS) is 14.1. The van der Waals surface area contributed by atoms with Gasteiger partial charge < -0.3 is 10.3 Å². The fourth-order valence-electron chi connectivity index (χ4n) is 5.73. The molecule has 1 fully saturated rings. The molecule has 40 heavy (non-hydrogen) atoms. The number of pyridine rings is 3. The summed E-state index contributed by atoms with van der Waals surface area (Å²) in [5.41, 5.74) is 8.77. The van der Waals surface area contributed by atoms with Gasteiger partial charge in [-0.3, -0.25) is 15.1 Å². The number of aryl methyl sites for hydroxylation is 1. The minimum absolute atomic E-state index is 0.291. The lowest BCUT2D eigenvalue weighted by Crippen LogP contribution is -2.20. The molecule has 0 bridgehead atoms. The monoisotopic (exact) mass is 532 g/mol. The van der Waals surface area contributed by atoms with Crippen LogP contribution in [0.2, 0.25) is 0 Å². The molecule has 0 atom stereocenters. The molecule has 6 aromatic rings. The van der Waals surface area contributed by atoms with Gasteiger partial charge in [0.1, 0.15) is 11.3 Å². The van der Waals surface area contributed by atoms with Gasteiger partial charge in [-0.1, -0.05) is 18.9 Å². The molecule has 0 aliphatic heterocycles. The van der Waals surface area contributed by atoms with Gasteiger partial charge >= 0.3 is 0 Å². The molecule has 0 saturated heterocycles. The molecular weight excluding hydrogens is 503 g/mol. The Morgan fingerprint density at radius 1 is 0.900 bits per heavy atom. The number of hydrogen-bond donors (Lipinski definition) is 3. The molecule has 0 radical (unpaired) electrons. The van der Waals surface area contributed by atoms with Crippen molar-refractivity contribution in [1.29, 1.82) is 0 Å². The van der Waals surface area contributed by atoms with Crippen molar-refractivity contribution in [2.45, 2.75) is 39.2 Å². The van der Waals surface area contributed by atoms with Crippen LogP contribution < -0.4 is 5.32 Å². The summed E-state index contributed by atoms with van der Waals surface area (Å²) < 4.78 is 14.2. The Bertz CT molecular complexity index is 1810. The Morgan fingerprint density at radius 2 is 1.77 bits per heavy atom. The standard InChI is InChI=1S/C31H29FN8/c1-18-8-21(11-23(32)9-18)24-16-35-17-27-28(24)38-31(37-27)30-29-26(39-40-30)7-6-25(36-29)22-10-20(14-34-15-22)13-33-12-19-4-2-3-5-19/h6-11,14-17,19,33H,2-5,12-13H2,1H3,(H,37,38)(H,39,40). The van der Waals surface area contributed by atoms with Crippen molar-refractivity contribution < 1.29 is 4.39 Å². The Hall–Kier alpha value is -4.50. The first kappa shape index (κ1) is 24.5. The summed E-state index contributed by atoms with van der Waals surface area (Å²) in [4.78, 5) is 22.0. The van der Waals surface area contributed by atoms with E-state index in [1.165, 1.54) is 37.8 Å². The van der Waals surface area contributed by atoms with E-state index in [0.29, 0.717) is 22.6 Å². The summed E-state index contributed by atoms with van der Waals surface area (Å²) in [5.74, 6) is 1.07. The van der Waals surface area contributed by atoms with Crippen LogP contribution in [0.15, 0.2) is 61.2 Å². The predicted octanol–water partition coefficient (Wildman–Crippen LogP) is 6.35. The highest BCUT2D eigenvalue weighted by Crippen LogP contribution is 2.32. The van der Waals surface area contributed by atoms with Gasteiger partial charge in [-0.15, -0.1) is 0 Å². The average Bonchev–Trinajstić information content (AvgIpc) is 3.71. The second-order valence-electron chi connectivity index (χ2n) is 10.7. The third kappa shape index (κ3) is 4.73. The summed E-state index contributed by atoms with van der Waals surface area (Å²) in [6, 6.07) is 11.0. The molecule has 8 nitrogen and oxygen atoms in total. The minimum Gasteiger partial charge on any atom is -0.335 e. The van der Waals surface area contributed by atoms with Crippen LogP contribution in [0.5, 0.6) is 0 Å². The molecule has 1 saturated carbocycles. The Labute approximate surface area is 230 Å². The van der Waals surface area contributed by atoms with Crippen molar-refractivity contribution in [3.8, 4) is 33.9 Å². The van der Waals surface area contributed by atoms with Gasteiger partial charge in [-0.05, 0) is 79.3 Å². The van der Waals surface area contributed by atoms with Crippen LogP contribution in [-0.4, -0.2) is 41.7 Å². The molecule has 9 heteroatoms. The number of nitrogens with zero attached hydrogens (tertiary/aromatic N) is 5. The third-order valence-corrected chi connectivity index (χ3v) is 7.71. The van der Waals surface area contributed by atoms with Crippen molar-refractivity contribution in [3.63, 3.8) is 0 Å². The molecular formula is C31H29FN8. The van der Waals surface area contributed by atoms with Crippen LogP contribution in [0.1, 0.15) is 36.8 Å². The Balaban J connectivity index is 1.21. The minimum atomic E-state index is -0.291. The second kappa shape index (κ2) is 10.2. The summed E-state index contributed by atoms with van der Waals surface area (Å²) in [6.45, 7) is 3.71. The maximum atomic E-state index is 14.2. The lowest BCUT2D eigenvalue weighted by atomic mass is 10.0. The fraction of sp³-hybridized carbons (Fsp3) is 0.258. The summed E-state index contributed by atoms with van der Waals surface area (Å²) >= 11 is 0. The second-order valence-corrected chi connectivity index (χ2v) is 10.7. The van der Waals surface area contributed by atoms with Crippen LogP contribution in [0, 0.1) is 18.7 Å². The summed E-state index contributed by atoms with van der Waals surface area (Å²) in [5, 5.41) is 11.2. The quantitative estimate of drug-likeness (QED) is 0.221. The zero-order valence-corrected chi connectivity index (χ0v) is 22.2. The lowest BCUT2D eigenvalue weighted by molar-refractivity contribution is 0.489. The lowest BCUT2D eigenvalue weighted by Gasteiger charge is -2.11. The fourth-order valence-corrected chi connectivity index (χ4v) is 5.73. The number of aromatic amines is 2. The number of nitrogens with one attached hydrogen (secondary N) is 3. The van der Waals surface area contributed by atoms with Gasteiger partial charge in [0.2, 0.25) is 0 Å². The Kier molecular flexibility index (Phi) is 6.28. The molecule has 5 aromatic heterocycles. The number of hydrogen-bond acceptors (Lipinski definition) is 6. The number of fused-ring (bicyclic) bond motifs is 2. The zero-order chi connectivity index (χ0) is 27.1. The van der Waals surface area contributed by atoms with E-state index in [4.69, 9.17) is 9.97 Å². The van der Waals surface area contributed by atoms with Crippen LogP contribution in [0.25, 0.3) is 56.0 Å². The molecule has 3 N–H and O–H groups in total. The Morgan fingerprint density at radius 3 is 2.65 bits per heavy atom. The van der Waals surface area contributed by atoms with Gasteiger partial charge in [0.15, 0.2) is 11.5 Å². The van der Waals surface area contributed by atoms with Crippen molar-refractivity contribution in [2.75, 3.05) is 6.54 Å². The highest BCUT2D eigenvalue weighted by Gasteiger charge is 2.18. The van der Waals surface area contributed by atoms with E-state index < -0.39 is 0 Å². The summed E-state index contributed by atoms with van der Waals surface area (Å²) in [7, 11) is 0. The van der Waals surface area contributed by atoms with Crippen LogP contribution in [0.3, 0.4) is 0 Å². The SMILES string of the molecule is Cc1cc(F)cc(-c2cncc3[nH]c(-c4n[nH]c5ccc(-c6cncc(CNCC7CCCC7)c6)nc45)nc23)c1. The number of halogens is 1. The van der Waals surface area contributed by atoms with Gasteiger partial charge in [-0.25, -0.2) is 14.4 Å². The van der Waals surface area contributed by atoms with E-state index in [0.717, 1.165) is 63.6 Å². The van der Waals surface area contributed by atoms with Gasteiger partial charge in [0.05, 0.1) is 28.4 Å². The van der Waals surface area contributed by atoms with Crippen LogP contribution in [0.4, 0.5) is 4.39 Å². The molecule has 5 heterocycles. The first-order chi connectivity index (χ1) is 19.6. The van der Waals surface area contributed by atoms with Crippen molar-refractivity contribution in [3.05, 3.63) is 78.1 Å². The smallest absolute Gasteiger partial charge is 0.161 e. The number of benzene rings is 1. The van der Waals surface area contributed by atoms with Gasteiger partial charge in [0.25, 0.3) is 0 Å².